The molecule has 0 amide bonds. The van der Waals surface area contributed by atoms with Gasteiger partial charge in [0.2, 0.25) is 0 Å². The highest BCUT2D eigenvalue weighted by atomic mass is 79.9. The number of benzene rings is 2. The standard InChI is InChI=1S/C18H18Br2O4/c1-10(2)15-16(20)14(9-13(19)17(15)22-3)24-12-7-5-6-11(8-12)18(21)23-4/h5-10H,1-4H3. The Morgan fingerprint density at radius 1 is 1.12 bits per heavy atom. The van der Waals surface area contributed by atoms with Crippen LogP contribution in [0, 0.1) is 0 Å². The number of rotatable bonds is 5. The highest BCUT2D eigenvalue weighted by molar-refractivity contribution is 9.11. The van der Waals surface area contributed by atoms with E-state index in [-0.39, 0.29) is 5.92 Å². The average Bonchev–Trinajstić information content (AvgIpc) is 2.56. The molecule has 2 rings (SSSR count). The van der Waals surface area contributed by atoms with Gasteiger partial charge < -0.3 is 14.2 Å². The Morgan fingerprint density at radius 2 is 1.83 bits per heavy atom. The Morgan fingerprint density at radius 3 is 2.42 bits per heavy atom. The fraction of sp³-hybridized carbons (Fsp3) is 0.278. The Balaban J connectivity index is 2.46. The molecule has 128 valence electrons. The number of carbonyl (C=O) groups excluding carboxylic acids is 1. The summed E-state index contributed by atoms with van der Waals surface area (Å²) in [6.45, 7) is 4.16. The Labute approximate surface area is 158 Å². The van der Waals surface area contributed by atoms with Crippen molar-refractivity contribution >= 4 is 37.8 Å². The summed E-state index contributed by atoms with van der Waals surface area (Å²) in [6.07, 6.45) is 0. The predicted molar refractivity (Wildman–Crippen MR) is 100 cm³/mol. The van der Waals surface area contributed by atoms with Crippen molar-refractivity contribution in [3.63, 3.8) is 0 Å². The maximum Gasteiger partial charge on any atom is 0.337 e. The van der Waals surface area contributed by atoms with Crippen molar-refractivity contribution < 1.29 is 19.0 Å². The minimum atomic E-state index is -0.404. The topological polar surface area (TPSA) is 44.8 Å². The number of hydrogen-bond acceptors (Lipinski definition) is 4. The zero-order chi connectivity index (χ0) is 17.9. The van der Waals surface area contributed by atoms with E-state index in [0.29, 0.717) is 17.1 Å². The van der Waals surface area contributed by atoms with Gasteiger partial charge in [0.25, 0.3) is 0 Å². The van der Waals surface area contributed by atoms with E-state index in [9.17, 15) is 4.79 Å². The van der Waals surface area contributed by atoms with Crippen molar-refractivity contribution in [3.05, 3.63) is 50.4 Å². The maximum absolute atomic E-state index is 11.7. The normalized spacial score (nSPS) is 10.6. The van der Waals surface area contributed by atoms with E-state index in [1.54, 1.807) is 31.4 Å². The van der Waals surface area contributed by atoms with Crippen LogP contribution < -0.4 is 9.47 Å². The Kier molecular flexibility index (Phi) is 6.29. The van der Waals surface area contributed by atoms with Gasteiger partial charge in [-0.05, 0) is 62.0 Å². The first-order chi connectivity index (χ1) is 11.4. The first kappa shape index (κ1) is 18.8. The number of halogens is 2. The average molecular weight is 458 g/mol. The first-order valence-electron chi connectivity index (χ1n) is 7.31. The molecule has 0 saturated carbocycles. The van der Waals surface area contributed by atoms with Gasteiger partial charge in [0.15, 0.2) is 0 Å². The second-order valence-electron chi connectivity index (χ2n) is 5.39. The van der Waals surface area contributed by atoms with Crippen LogP contribution >= 0.6 is 31.9 Å². The lowest BCUT2D eigenvalue weighted by molar-refractivity contribution is 0.0600. The SMILES string of the molecule is COC(=O)c1cccc(Oc2cc(Br)c(OC)c(C(C)C)c2Br)c1. The molecule has 0 aliphatic rings. The molecule has 24 heavy (non-hydrogen) atoms. The molecule has 0 fully saturated rings. The van der Waals surface area contributed by atoms with Crippen molar-refractivity contribution in [1.29, 1.82) is 0 Å². The molecule has 0 N–H and O–H groups in total. The zero-order valence-electron chi connectivity index (χ0n) is 13.9. The molecule has 0 heterocycles. The van der Waals surface area contributed by atoms with Crippen LogP contribution in [0.25, 0.3) is 0 Å². The van der Waals surface area contributed by atoms with Crippen molar-refractivity contribution in [3.8, 4) is 17.2 Å². The quantitative estimate of drug-likeness (QED) is 0.522. The van der Waals surface area contributed by atoms with Crippen molar-refractivity contribution in [2.75, 3.05) is 14.2 Å². The van der Waals surface area contributed by atoms with Gasteiger partial charge in [0.05, 0.1) is 28.7 Å². The van der Waals surface area contributed by atoms with E-state index in [0.717, 1.165) is 20.3 Å². The monoisotopic (exact) mass is 456 g/mol. The summed E-state index contributed by atoms with van der Waals surface area (Å²) in [5, 5.41) is 0. The summed E-state index contributed by atoms with van der Waals surface area (Å²) in [5.74, 6) is 1.78. The predicted octanol–water partition coefficient (Wildman–Crippen LogP) is 5.92. The summed E-state index contributed by atoms with van der Waals surface area (Å²) >= 11 is 7.13. The van der Waals surface area contributed by atoms with E-state index in [1.165, 1.54) is 7.11 Å². The smallest absolute Gasteiger partial charge is 0.337 e. The number of hydrogen-bond donors (Lipinski definition) is 0. The molecule has 0 bridgehead atoms. The highest BCUT2D eigenvalue weighted by Gasteiger charge is 2.20. The van der Waals surface area contributed by atoms with Gasteiger partial charge in [-0.1, -0.05) is 19.9 Å². The van der Waals surface area contributed by atoms with Gasteiger partial charge in [-0.25, -0.2) is 4.79 Å². The lowest BCUT2D eigenvalue weighted by Crippen LogP contribution is -2.02. The van der Waals surface area contributed by atoms with Crippen LogP contribution in [0.1, 0.15) is 35.7 Å². The van der Waals surface area contributed by atoms with Crippen LogP contribution in [0.5, 0.6) is 17.2 Å². The van der Waals surface area contributed by atoms with Crippen molar-refractivity contribution in [2.24, 2.45) is 0 Å². The van der Waals surface area contributed by atoms with Gasteiger partial charge in [0, 0.05) is 5.56 Å². The Hall–Kier alpha value is -1.53. The van der Waals surface area contributed by atoms with Crippen LogP contribution in [0.4, 0.5) is 0 Å². The molecule has 0 aliphatic carbocycles. The summed E-state index contributed by atoms with van der Waals surface area (Å²) < 4.78 is 17.8. The van der Waals surface area contributed by atoms with Crippen molar-refractivity contribution in [2.45, 2.75) is 19.8 Å². The van der Waals surface area contributed by atoms with Crippen LogP contribution in [-0.2, 0) is 4.74 Å². The minimum Gasteiger partial charge on any atom is -0.495 e. The lowest BCUT2D eigenvalue weighted by atomic mass is 10.0. The number of carbonyl (C=O) groups is 1. The largest absolute Gasteiger partial charge is 0.495 e. The molecule has 6 heteroatoms. The highest BCUT2D eigenvalue weighted by Crippen LogP contribution is 2.45. The number of esters is 1. The molecule has 0 aliphatic heterocycles. The fourth-order valence-corrected chi connectivity index (χ4v) is 3.75. The Bertz CT molecular complexity index is 757. The molecule has 2 aromatic carbocycles. The van der Waals surface area contributed by atoms with Crippen LogP contribution in [-0.4, -0.2) is 20.2 Å². The van der Waals surface area contributed by atoms with Crippen LogP contribution in [0.3, 0.4) is 0 Å². The molecular weight excluding hydrogens is 440 g/mol. The maximum atomic E-state index is 11.7. The number of methoxy groups -OCH3 is 2. The second-order valence-corrected chi connectivity index (χ2v) is 7.04. The van der Waals surface area contributed by atoms with E-state index in [1.807, 2.05) is 6.07 Å². The summed E-state index contributed by atoms with van der Waals surface area (Å²) in [4.78, 5) is 11.7. The van der Waals surface area contributed by atoms with E-state index in [2.05, 4.69) is 45.7 Å². The molecule has 2 aromatic rings. The third kappa shape index (κ3) is 3.92. The fourth-order valence-electron chi connectivity index (χ4n) is 2.33. The molecule has 0 atom stereocenters. The molecular formula is C18H18Br2O4. The van der Waals surface area contributed by atoms with E-state index >= 15 is 0 Å². The van der Waals surface area contributed by atoms with E-state index < -0.39 is 5.97 Å². The summed E-state index contributed by atoms with van der Waals surface area (Å²) in [6, 6.07) is 8.69. The molecule has 0 spiro atoms. The van der Waals surface area contributed by atoms with Gasteiger partial charge in [0.1, 0.15) is 17.2 Å². The molecule has 0 unspecified atom stereocenters. The first-order valence-corrected chi connectivity index (χ1v) is 8.89. The molecule has 0 aromatic heterocycles. The third-order valence-corrected chi connectivity index (χ3v) is 4.84. The molecule has 4 nitrogen and oxygen atoms in total. The third-order valence-electron chi connectivity index (χ3n) is 3.44. The minimum absolute atomic E-state index is 0.232. The zero-order valence-corrected chi connectivity index (χ0v) is 17.0. The van der Waals surface area contributed by atoms with Crippen LogP contribution in [0.2, 0.25) is 0 Å². The number of ether oxygens (including phenoxy) is 3. The second kappa shape index (κ2) is 8.03. The summed E-state index contributed by atoms with van der Waals surface area (Å²) in [5.41, 5.74) is 1.44. The lowest BCUT2D eigenvalue weighted by Gasteiger charge is -2.19. The van der Waals surface area contributed by atoms with Gasteiger partial charge in [-0.2, -0.15) is 0 Å². The van der Waals surface area contributed by atoms with Gasteiger partial charge in [-0.3, -0.25) is 0 Å². The van der Waals surface area contributed by atoms with Gasteiger partial charge in [-0.15, -0.1) is 0 Å². The van der Waals surface area contributed by atoms with Gasteiger partial charge >= 0.3 is 5.97 Å². The molecule has 0 saturated heterocycles. The van der Waals surface area contributed by atoms with Crippen LogP contribution in [0.15, 0.2) is 39.3 Å². The molecule has 0 radical (unpaired) electrons. The van der Waals surface area contributed by atoms with E-state index in [4.69, 9.17) is 14.2 Å². The van der Waals surface area contributed by atoms with Crippen molar-refractivity contribution in [1.82, 2.24) is 0 Å². The summed E-state index contributed by atoms with van der Waals surface area (Å²) in [7, 11) is 2.99.